The molecular weight excluding hydrogens is 509 g/mol. The number of amides is 1. The Balaban J connectivity index is 1.39. The topological polar surface area (TPSA) is 120 Å². The van der Waals surface area contributed by atoms with Crippen LogP contribution in [-0.4, -0.2) is 39.9 Å². The molecule has 9 nitrogen and oxygen atoms in total. The predicted molar refractivity (Wildman–Crippen MR) is 150 cm³/mol. The van der Waals surface area contributed by atoms with Gasteiger partial charge in [0.05, 0.1) is 24.2 Å². The highest BCUT2D eigenvalue weighted by atomic mass is 19.1. The maximum Gasteiger partial charge on any atom is 0.264 e. The van der Waals surface area contributed by atoms with Crippen LogP contribution in [0.3, 0.4) is 0 Å². The predicted octanol–water partition coefficient (Wildman–Crippen LogP) is 4.89. The molecule has 0 radical (unpaired) electrons. The molecular formula is C30H32FN7O2. The molecule has 3 N–H and O–H groups in total. The second-order valence-corrected chi connectivity index (χ2v) is 11.1. The summed E-state index contributed by atoms with van der Waals surface area (Å²) in [5.41, 5.74) is 10.4. The number of hydrogen-bond acceptors (Lipinski definition) is 8. The van der Waals surface area contributed by atoms with Crippen LogP contribution in [0.1, 0.15) is 50.8 Å². The second-order valence-electron chi connectivity index (χ2n) is 11.1. The standard InChI is InChI=1S/C30H32FN7O2/c1-30(2,3)15-19(16-32)29(39)37-13-7-8-20(37)17-38-28-25(27(33)34-18-35-28)26(36-38)23-12-11-22(14-24(23)31)40-21-9-5-4-6-10-21/h4-6,9-12,14-15,18,20,26,36H,7-8,13,17H2,1-3H3,(H2,33,34,35). The molecule has 206 valence electrons. The molecule has 3 aromatic rings. The van der Waals surface area contributed by atoms with Gasteiger partial charge in [0.1, 0.15) is 41.1 Å². The lowest BCUT2D eigenvalue weighted by molar-refractivity contribution is -0.127. The van der Waals surface area contributed by atoms with Crippen molar-refractivity contribution in [3.05, 3.63) is 83.5 Å². The number of rotatable bonds is 6. The molecule has 2 unspecified atom stereocenters. The molecule has 10 heteroatoms. The molecule has 2 atom stereocenters. The number of nitrogen functional groups attached to an aromatic ring is 1. The molecule has 0 aliphatic carbocycles. The number of ether oxygens (including phenoxy) is 1. The van der Waals surface area contributed by atoms with E-state index < -0.39 is 11.9 Å². The van der Waals surface area contributed by atoms with Crippen LogP contribution in [-0.2, 0) is 4.79 Å². The van der Waals surface area contributed by atoms with Crippen LogP contribution in [0.15, 0.2) is 66.5 Å². The van der Waals surface area contributed by atoms with Crippen LogP contribution < -0.4 is 20.9 Å². The minimum atomic E-state index is -0.636. The van der Waals surface area contributed by atoms with Gasteiger partial charge in [-0.05, 0) is 36.5 Å². The summed E-state index contributed by atoms with van der Waals surface area (Å²) in [6.07, 6.45) is 4.67. The number of hydrazine groups is 1. The molecule has 5 rings (SSSR count). The van der Waals surface area contributed by atoms with E-state index in [1.165, 1.54) is 12.4 Å². The van der Waals surface area contributed by atoms with E-state index in [4.69, 9.17) is 10.5 Å². The first kappa shape index (κ1) is 27.1. The number of anilines is 2. The average molecular weight is 542 g/mol. The smallest absolute Gasteiger partial charge is 0.264 e. The number of halogens is 1. The molecule has 0 bridgehead atoms. The lowest BCUT2D eigenvalue weighted by Crippen LogP contribution is -2.47. The van der Waals surface area contributed by atoms with E-state index in [0.29, 0.717) is 41.5 Å². The normalized spacial score (nSPS) is 18.9. The number of nitrogens with zero attached hydrogens (tertiary/aromatic N) is 5. The van der Waals surface area contributed by atoms with Crippen LogP contribution in [0.2, 0.25) is 0 Å². The number of likely N-dealkylation sites (tertiary alicyclic amines) is 1. The molecule has 40 heavy (non-hydrogen) atoms. The zero-order chi connectivity index (χ0) is 28.4. The van der Waals surface area contributed by atoms with Gasteiger partial charge in [-0.2, -0.15) is 5.26 Å². The maximum atomic E-state index is 15.5. The van der Waals surface area contributed by atoms with Crippen LogP contribution in [0, 0.1) is 22.6 Å². The number of benzene rings is 2. The SMILES string of the molecule is CC(C)(C)C=C(C#N)C(=O)N1CCCC1CN1NC(c2ccc(Oc3ccccc3)cc2F)c2c(N)ncnc21. The number of fused-ring (bicyclic) bond motifs is 1. The number of carbonyl (C=O) groups excluding carboxylic acids is 1. The number of hydrogen-bond donors (Lipinski definition) is 2. The van der Waals surface area contributed by atoms with Gasteiger partial charge in [0, 0.05) is 18.2 Å². The van der Waals surface area contributed by atoms with Crippen molar-refractivity contribution in [3.63, 3.8) is 0 Å². The first-order chi connectivity index (χ1) is 19.1. The summed E-state index contributed by atoms with van der Waals surface area (Å²) >= 11 is 0. The van der Waals surface area contributed by atoms with Crippen molar-refractivity contribution in [3.8, 4) is 17.6 Å². The molecule has 1 amide bonds. The van der Waals surface area contributed by atoms with Crippen molar-refractivity contribution in [1.29, 1.82) is 5.26 Å². The van der Waals surface area contributed by atoms with Crippen LogP contribution >= 0.6 is 0 Å². The van der Waals surface area contributed by atoms with Crippen molar-refractivity contribution in [2.75, 3.05) is 23.8 Å². The summed E-state index contributed by atoms with van der Waals surface area (Å²) in [5, 5.41) is 11.5. The number of allylic oxidation sites excluding steroid dienone is 1. The minimum absolute atomic E-state index is 0.138. The van der Waals surface area contributed by atoms with Gasteiger partial charge in [0.2, 0.25) is 0 Å². The third kappa shape index (κ3) is 5.60. The van der Waals surface area contributed by atoms with Crippen molar-refractivity contribution in [2.45, 2.75) is 45.7 Å². The van der Waals surface area contributed by atoms with E-state index >= 15 is 4.39 Å². The van der Waals surface area contributed by atoms with E-state index in [0.717, 1.165) is 12.8 Å². The number of nitrogens with one attached hydrogen (secondary N) is 1. The van der Waals surface area contributed by atoms with Gasteiger partial charge in [-0.1, -0.05) is 51.1 Å². The monoisotopic (exact) mass is 541 g/mol. The number of nitriles is 1. The third-order valence-electron chi connectivity index (χ3n) is 6.94. The Labute approximate surface area is 233 Å². The zero-order valence-electron chi connectivity index (χ0n) is 22.8. The average Bonchev–Trinajstić information content (AvgIpc) is 3.53. The van der Waals surface area contributed by atoms with E-state index in [9.17, 15) is 10.1 Å². The van der Waals surface area contributed by atoms with Gasteiger partial charge < -0.3 is 15.4 Å². The fraction of sp³-hybridized carbons (Fsp3) is 0.333. The molecule has 2 aromatic carbocycles. The lowest BCUT2D eigenvalue weighted by Gasteiger charge is -2.30. The largest absolute Gasteiger partial charge is 0.457 e. The number of aromatic nitrogens is 2. The molecule has 2 aliphatic heterocycles. The Morgan fingerprint density at radius 1 is 1.23 bits per heavy atom. The molecule has 1 aromatic heterocycles. The summed E-state index contributed by atoms with van der Waals surface area (Å²) in [4.78, 5) is 23.7. The molecule has 2 aliphatic rings. The fourth-order valence-electron chi connectivity index (χ4n) is 5.20. The van der Waals surface area contributed by atoms with Crippen molar-refractivity contribution >= 4 is 17.5 Å². The summed E-state index contributed by atoms with van der Waals surface area (Å²) in [5.74, 6) is 1.01. The summed E-state index contributed by atoms with van der Waals surface area (Å²) in [6, 6.07) is 15.1. The van der Waals surface area contributed by atoms with E-state index in [1.807, 2.05) is 44.0 Å². The number of nitrogens with two attached hydrogens (primary N) is 1. The van der Waals surface area contributed by atoms with Gasteiger partial charge in [-0.25, -0.2) is 19.8 Å². The van der Waals surface area contributed by atoms with Gasteiger partial charge in [0.25, 0.3) is 5.91 Å². The molecule has 1 saturated heterocycles. The zero-order valence-corrected chi connectivity index (χ0v) is 22.8. The highest BCUT2D eigenvalue weighted by molar-refractivity contribution is 5.97. The van der Waals surface area contributed by atoms with Crippen LogP contribution in [0.5, 0.6) is 11.5 Å². The maximum absolute atomic E-state index is 15.5. The quantitative estimate of drug-likeness (QED) is 0.334. The van der Waals surface area contributed by atoms with Gasteiger partial charge in [-0.15, -0.1) is 0 Å². The van der Waals surface area contributed by atoms with Gasteiger partial charge in [0.15, 0.2) is 5.82 Å². The molecule has 0 saturated carbocycles. The van der Waals surface area contributed by atoms with Crippen LogP contribution in [0.4, 0.5) is 16.0 Å². The second kappa shape index (κ2) is 10.9. The Hall–Kier alpha value is -4.49. The highest BCUT2D eigenvalue weighted by Gasteiger charge is 2.39. The Bertz CT molecular complexity index is 1480. The van der Waals surface area contributed by atoms with Crippen molar-refractivity contribution in [2.24, 2.45) is 5.41 Å². The summed E-state index contributed by atoms with van der Waals surface area (Å²) in [7, 11) is 0. The first-order valence-corrected chi connectivity index (χ1v) is 13.2. The Morgan fingerprint density at radius 2 is 2.00 bits per heavy atom. The molecule has 0 spiro atoms. The lowest BCUT2D eigenvalue weighted by atomic mass is 9.93. The van der Waals surface area contributed by atoms with Crippen molar-refractivity contribution in [1.82, 2.24) is 20.3 Å². The molecule has 1 fully saturated rings. The summed E-state index contributed by atoms with van der Waals surface area (Å²) < 4.78 is 21.3. The Morgan fingerprint density at radius 3 is 2.70 bits per heavy atom. The Kier molecular flexibility index (Phi) is 7.41. The van der Waals surface area contributed by atoms with Crippen molar-refractivity contribution < 1.29 is 13.9 Å². The highest BCUT2D eigenvalue weighted by Crippen LogP contribution is 2.40. The third-order valence-corrected chi connectivity index (χ3v) is 6.94. The minimum Gasteiger partial charge on any atom is -0.457 e. The fourth-order valence-corrected chi connectivity index (χ4v) is 5.20. The van der Waals surface area contributed by atoms with Gasteiger partial charge in [-0.3, -0.25) is 9.80 Å². The molecule has 3 heterocycles. The number of para-hydroxylation sites is 1. The summed E-state index contributed by atoms with van der Waals surface area (Å²) in [6.45, 7) is 6.80. The number of carbonyl (C=O) groups is 1. The van der Waals surface area contributed by atoms with Crippen LogP contribution in [0.25, 0.3) is 0 Å². The van der Waals surface area contributed by atoms with E-state index in [1.54, 1.807) is 35.2 Å². The van der Waals surface area contributed by atoms with E-state index in [-0.39, 0.29) is 28.8 Å². The van der Waals surface area contributed by atoms with Gasteiger partial charge >= 0.3 is 0 Å². The van der Waals surface area contributed by atoms with E-state index in [2.05, 4.69) is 21.5 Å². The first-order valence-electron chi connectivity index (χ1n) is 13.2.